The molecule has 2 aromatic rings. The van der Waals surface area contributed by atoms with Crippen molar-refractivity contribution >= 4 is 29.3 Å². The fourth-order valence-electron chi connectivity index (χ4n) is 6.91. The highest BCUT2D eigenvalue weighted by atomic mass is 19.4. The first-order valence-electron chi connectivity index (χ1n) is 15.9. The number of likely N-dealkylation sites (N-methyl/N-ethyl adjacent to an activating group) is 1. The third-order valence-electron chi connectivity index (χ3n) is 8.69. The van der Waals surface area contributed by atoms with Gasteiger partial charge in [-0.2, -0.15) is 13.2 Å². The summed E-state index contributed by atoms with van der Waals surface area (Å²) in [5.74, 6) is -2.15. The van der Waals surface area contributed by atoms with E-state index in [0.29, 0.717) is 53.8 Å². The van der Waals surface area contributed by atoms with Gasteiger partial charge in [-0.05, 0) is 62.6 Å². The van der Waals surface area contributed by atoms with Crippen LogP contribution in [0.5, 0.6) is 0 Å². The molecule has 47 heavy (non-hydrogen) atoms. The summed E-state index contributed by atoms with van der Waals surface area (Å²) < 4.78 is 55.9. The predicted molar refractivity (Wildman–Crippen MR) is 169 cm³/mol. The Labute approximate surface area is 273 Å². The van der Waals surface area contributed by atoms with Gasteiger partial charge in [0.05, 0.1) is 44.3 Å². The Balaban J connectivity index is 1.53. The van der Waals surface area contributed by atoms with Gasteiger partial charge in [-0.1, -0.05) is 13.8 Å². The molecule has 1 heterocycles. The second-order valence-corrected chi connectivity index (χ2v) is 14.7. The second kappa shape index (κ2) is 13.3. The Bertz CT molecular complexity index is 1550. The number of ether oxygens (including phenoxy) is 2. The van der Waals surface area contributed by atoms with Gasteiger partial charge in [-0.25, -0.2) is 0 Å². The number of nitrogens with one attached hydrogen (secondary N) is 1. The van der Waals surface area contributed by atoms with E-state index in [2.05, 4.69) is 5.32 Å². The van der Waals surface area contributed by atoms with Crippen molar-refractivity contribution in [3.05, 3.63) is 46.3 Å². The van der Waals surface area contributed by atoms with Crippen LogP contribution in [0.3, 0.4) is 0 Å². The number of amides is 1. The maximum absolute atomic E-state index is 14.3. The molecule has 1 unspecified atom stereocenters. The van der Waals surface area contributed by atoms with Crippen LogP contribution in [0.1, 0.15) is 97.0 Å². The number of Topliss-reactive ketones (excluding diaryl/α,β-unsaturated/α-hetero) is 1. The highest BCUT2D eigenvalue weighted by Crippen LogP contribution is 2.45. The fraction of sp³-hybridized carbons (Fsp3) is 0.588. The van der Waals surface area contributed by atoms with Gasteiger partial charge in [0.15, 0.2) is 11.9 Å². The van der Waals surface area contributed by atoms with Crippen LogP contribution in [0.25, 0.3) is 5.69 Å². The molecular formula is C34H46F3N4O6+. The van der Waals surface area contributed by atoms with Gasteiger partial charge in [-0.15, -0.1) is 0 Å². The highest BCUT2D eigenvalue weighted by molar-refractivity contribution is 6.01. The summed E-state index contributed by atoms with van der Waals surface area (Å²) in [6, 6.07) is 4.51. The molecular weight excluding hydrogens is 617 g/mol. The smallest absolute Gasteiger partial charge is 0.418 e. The van der Waals surface area contributed by atoms with Gasteiger partial charge in [0.2, 0.25) is 0 Å². The summed E-state index contributed by atoms with van der Waals surface area (Å²) in [5.41, 5.74) is 5.08. The normalized spacial score (nSPS) is 20.3. The first-order valence-corrected chi connectivity index (χ1v) is 15.9. The van der Waals surface area contributed by atoms with Crippen molar-refractivity contribution < 1.29 is 46.3 Å². The lowest BCUT2D eigenvalue weighted by molar-refractivity contribution is -0.873. The minimum atomic E-state index is -4.72. The number of fused-ring (bicyclic) bond motifs is 1. The summed E-state index contributed by atoms with van der Waals surface area (Å²) in [5, 5.41) is 3.35. The number of halogens is 3. The van der Waals surface area contributed by atoms with Crippen molar-refractivity contribution in [2.45, 2.75) is 97.1 Å². The number of benzene rings is 1. The highest BCUT2D eigenvalue weighted by Gasteiger charge is 2.45. The molecule has 3 N–H and O–H groups in total. The Kier molecular flexibility index (Phi) is 10.2. The molecule has 0 bridgehead atoms. The number of quaternary nitrogens is 1. The molecule has 258 valence electrons. The summed E-state index contributed by atoms with van der Waals surface area (Å²) in [6.07, 6.45) is -3.17. The summed E-state index contributed by atoms with van der Waals surface area (Å²) in [6.45, 7) is 6.82. The van der Waals surface area contributed by atoms with Crippen LogP contribution in [-0.2, 0) is 31.7 Å². The predicted octanol–water partition coefficient (Wildman–Crippen LogP) is 5.35. The zero-order chi connectivity index (χ0) is 35.1. The van der Waals surface area contributed by atoms with Crippen LogP contribution in [0.2, 0.25) is 0 Å². The first-order chi connectivity index (χ1) is 21.6. The molecule has 0 aliphatic heterocycles. The summed E-state index contributed by atoms with van der Waals surface area (Å²) in [4.78, 5) is 49.7. The van der Waals surface area contributed by atoms with Crippen LogP contribution >= 0.6 is 0 Å². The number of esters is 2. The van der Waals surface area contributed by atoms with Gasteiger partial charge in [0.25, 0.3) is 5.91 Å². The molecule has 10 nitrogen and oxygen atoms in total. The van der Waals surface area contributed by atoms with Gasteiger partial charge in [-0.3, -0.25) is 19.2 Å². The lowest BCUT2D eigenvalue weighted by atomic mass is 9.75. The molecule has 2 aliphatic carbocycles. The summed E-state index contributed by atoms with van der Waals surface area (Å²) >= 11 is 0. The van der Waals surface area contributed by atoms with Crippen molar-refractivity contribution in [3.8, 4) is 5.69 Å². The van der Waals surface area contributed by atoms with Crippen LogP contribution < -0.4 is 11.1 Å². The number of anilines is 1. The number of ketones is 1. The van der Waals surface area contributed by atoms with Crippen molar-refractivity contribution in [1.82, 2.24) is 4.57 Å². The number of aromatic nitrogens is 1. The molecule has 0 spiro atoms. The molecule has 1 atom stereocenters. The SMILES string of the molecule is CC(=O)OC(CC(=O)OC1CCC(Nc2cc(-n3c(C)c(C(F)(F)F)c4c3CC(C)(C)CC4=O)ccc2C(N)=O)CC1)C[N+](C)(C)C. The maximum atomic E-state index is 14.3. The number of carbonyl (C=O) groups is 4. The van der Waals surface area contributed by atoms with E-state index in [-0.39, 0.29) is 48.2 Å². The van der Waals surface area contributed by atoms with Crippen LogP contribution in [-0.4, -0.2) is 78.6 Å². The maximum Gasteiger partial charge on any atom is 0.418 e. The third-order valence-corrected chi connectivity index (χ3v) is 8.69. The molecule has 1 aromatic heterocycles. The number of hydrogen-bond donors (Lipinski definition) is 2. The number of hydrogen-bond acceptors (Lipinski definition) is 7. The zero-order valence-electron chi connectivity index (χ0n) is 28.2. The molecule has 13 heteroatoms. The molecule has 2 aliphatic rings. The van der Waals surface area contributed by atoms with Crippen LogP contribution in [0.4, 0.5) is 18.9 Å². The van der Waals surface area contributed by atoms with E-state index < -0.39 is 46.9 Å². The van der Waals surface area contributed by atoms with Gasteiger partial charge < -0.3 is 29.6 Å². The lowest BCUT2D eigenvalue weighted by Gasteiger charge is -2.31. The number of nitrogens with zero attached hydrogens (tertiary/aromatic N) is 2. The molecule has 0 radical (unpaired) electrons. The number of carbonyl (C=O) groups excluding carboxylic acids is 4. The number of rotatable bonds is 10. The number of nitrogens with two attached hydrogens (primary N) is 1. The minimum Gasteiger partial charge on any atom is -0.462 e. The summed E-state index contributed by atoms with van der Waals surface area (Å²) in [7, 11) is 5.80. The van der Waals surface area contributed by atoms with E-state index in [1.807, 2.05) is 35.0 Å². The Morgan fingerprint density at radius 3 is 2.30 bits per heavy atom. The van der Waals surface area contributed by atoms with E-state index in [1.54, 1.807) is 12.1 Å². The van der Waals surface area contributed by atoms with Gasteiger partial charge in [0.1, 0.15) is 12.6 Å². The molecule has 1 amide bonds. The van der Waals surface area contributed by atoms with Crippen molar-refractivity contribution in [2.75, 3.05) is 33.0 Å². The largest absolute Gasteiger partial charge is 0.462 e. The minimum absolute atomic E-state index is 0.0148. The quantitative estimate of drug-likeness (QED) is 0.259. The average Bonchev–Trinajstić information content (AvgIpc) is 3.19. The number of primary amides is 1. The fourth-order valence-corrected chi connectivity index (χ4v) is 6.91. The van der Waals surface area contributed by atoms with Crippen molar-refractivity contribution in [1.29, 1.82) is 0 Å². The second-order valence-electron chi connectivity index (χ2n) is 14.7. The van der Waals surface area contributed by atoms with E-state index in [1.165, 1.54) is 24.5 Å². The van der Waals surface area contributed by atoms with E-state index >= 15 is 0 Å². The van der Waals surface area contributed by atoms with E-state index in [4.69, 9.17) is 15.2 Å². The standard InChI is InChI=1S/C34H45F3N4O6/c1-19-31(34(35,36)37)30-27(16-33(3,4)17-28(30)43)40(19)22-10-13-25(32(38)45)26(14-22)39-21-8-11-23(12-9-21)47-29(44)15-24(46-20(2)42)18-41(5,6)7/h10,13-14,21,23-24H,8-9,11-12,15-18H2,1-7H3,(H2-,38,39,45)/p+1. The first kappa shape index (κ1) is 36.0. The van der Waals surface area contributed by atoms with Crippen molar-refractivity contribution in [2.24, 2.45) is 11.1 Å². The lowest BCUT2D eigenvalue weighted by Crippen LogP contribution is -2.44. The van der Waals surface area contributed by atoms with E-state index in [9.17, 15) is 32.3 Å². The Morgan fingerprint density at radius 2 is 1.74 bits per heavy atom. The zero-order valence-corrected chi connectivity index (χ0v) is 28.2. The van der Waals surface area contributed by atoms with Gasteiger partial charge >= 0.3 is 18.1 Å². The molecule has 1 saturated carbocycles. The Morgan fingerprint density at radius 1 is 1.11 bits per heavy atom. The van der Waals surface area contributed by atoms with E-state index in [0.717, 1.165) is 0 Å². The molecule has 1 aromatic carbocycles. The monoisotopic (exact) mass is 663 g/mol. The molecule has 4 rings (SSSR count). The molecule has 0 saturated heterocycles. The van der Waals surface area contributed by atoms with Gasteiger partial charge in [0, 0.05) is 42.1 Å². The third kappa shape index (κ3) is 8.74. The number of alkyl halides is 3. The topological polar surface area (TPSA) is 130 Å². The van der Waals surface area contributed by atoms with Crippen LogP contribution in [0.15, 0.2) is 18.2 Å². The molecule has 1 fully saturated rings. The van der Waals surface area contributed by atoms with Crippen molar-refractivity contribution in [3.63, 3.8) is 0 Å². The Hall–Kier alpha value is -3.87. The average molecular weight is 664 g/mol. The van der Waals surface area contributed by atoms with Crippen LogP contribution in [0, 0.1) is 12.3 Å².